The standard InChI is InChI=1S/C10H8BrN3/c11-8-4-3-7-13-14-10(8)9-5-1-2-6-12-9/h1-7,14H. The Hall–Kier alpha value is -1.42. The minimum absolute atomic E-state index is 0.864. The van der Waals surface area contributed by atoms with Crippen LogP contribution in [0.4, 0.5) is 0 Å². The lowest BCUT2D eigenvalue weighted by Gasteiger charge is -2.05. The molecule has 3 nitrogen and oxygen atoms in total. The number of hydrazone groups is 1. The molecule has 0 atom stereocenters. The Morgan fingerprint density at radius 2 is 2.21 bits per heavy atom. The molecule has 2 heterocycles. The van der Waals surface area contributed by atoms with Gasteiger partial charge in [0, 0.05) is 16.9 Å². The smallest absolute Gasteiger partial charge is 0.0960 e. The van der Waals surface area contributed by atoms with Gasteiger partial charge in [-0.25, -0.2) is 0 Å². The maximum absolute atomic E-state index is 4.24. The van der Waals surface area contributed by atoms with Crippen LogP contribution >= 0.6 is 15.9 Å². The molecule has 0 saturated heterocycles. The molecule has 0 bridgehead atoms. The second-order valence-electron chi connectivity index (χ2n) is 2.69. The summed E-state index contributed by atoms with van der Waals surface area (Å²) in [4.78, 5) is 4.24. The summed E-state index contributed by atoms with van der Waals surface area (Å²) in [6.07, 6.45) is 7.22. The van der Waals surface area contributed by atoms with Gasteiger partial charge in [0.15, 0.2) is 0 Å². The molecule has 70 valence electrons. The number of nitrogens with zero attached hydrogens (tertiary/aromatic N) is 2. The highest BCUT2D eigenvalue weighted by molar-refractivity contribution is 9.12. The number of rotatable bonds is 1. The van der Waals surface area contributed by atoms with Gasteiger partial charge in [0.1, 0.15) is 0 Å². The summed E-state index contributed by atoms with van der Waals surface area (Å²) in [6, 6.07) is 5.75. The summed E-state index contributed by atoms with van der Waals surface area (Å²) in [5.74, 6) is 0. The molecule has 0 spiro atoms. The molecule has 0 aliphatic carbocycles. The van der Waals surface area contributed by atoms with Crippen LogP contribution < -0.4 is 5.43 Å². The number of pyridine rings is 1. The molecule has 0 unspecified atom stereocenters. The molecule has 0 aromatic carbocycles. The highest BCUT2D eigenvalue weighted by Gasteiger charge is 2.06. The molecule has 1 aromatic heterocycles. The monoisotopic (exact) mass is 249 g/mol. The molecule has 0 saturated carbocycles. The lowest BCUT2D eigenvalue weighted by Crippen LogP contribution is -2.05. The van der Waals surface area contributed by atoms with Crippen LogP contribution in [0.5, 0.6) is 0 Å². The molecule has 1 aliphatic heterocycles. The first-order valence-corrected chi connectivity index (χ1v) is 4.94. The summed E-state index contributed by atoms with van der Waals surface area (Å²) in [5.41, 5.74) is 4.66. The van der Waals surface area contributed by atoms with E-state index in [1.807, 2.05) is 30.4 Å². The molecule has 2 rings (SSSR count). The van der Waals surface area contributed by atoms with Gasteiger partial charge >= 0.3 is 0 Å². The fraction of sp³-hybridized carbons (Fsp3) is 0. The zero-order valence-electron chi connectivity index (χ0n) is 7.31. The predicted molar refractivity (Wildman–Crippen MR) is 60.9 cm³/mol. The van der Waals surface area contributed by atoms with Crippen molar-refractivity contribution in [3.05, 3.63) is 46.7 Å². The average molecular weight is 250 g/mol. The zero-order valence-corrected chi connectivity index (χ0v) is 8.90. The number of allylic oxidation sites excluding steroid dienone is 3. The van der Waals surface area contributed by atoms with Crippen LogP contribution in [0.25, 0.3) is 5.70 Å². The Balaban J connectivity index is 2.43. The molecule has 0 radical (unpaired) electrons. The fourth-order valence-corrected chi connectivity index (χ4v) is 1.54. The summed E-state index contributed by atoms with van der Waals surface area (Å²) in [6.45, 7) is 0. The van der Waals surface area contributed by atoms with Crippen molar-refractivity contribution < 1.29 is 0 Å². The average Bonchev–Trinajstić information content (AvgIpc) is 2.44. The van der Waals surface area contributed by atoms with E-state index in [1.165, 1.54) is 0 Å². The third-order valence-corrected chi connectivity index (χ3v) is 2.40. The maximum Gasteiger partial charge on any atom is 0.0960 e. The first kappa shape index (κ1) is 9.15. The van der Waals surface area contributed by atoms with E-state index in [9.17, 15) is 0 Å². The van der Waals surface area contributed by atoms with E-state index in [4.69, 9.17) is 0 Å². The maximum atomic E-state index is 4.24. The van der Waals surface area contributed by atoms with Gasteiger partial charge in [-0.05, 0) is 40.2 Å². The van der Waals surface area contributed by atoms with Crippen molar-refractivity contribution in [1.82, 2.24) is 10.4 Å². The molecule has 14 heavy (non-hydrogen) atoms. The van der Waals surface area contributed by atoms with Gasteiger partial charge in [-0.1, -0.05) is 6.07 Å². The number of hydrogen-bond acceptors (Lipinski definition) is 3. The van der Waals surface area contributed by atoms with Crippen LogP contribution in [0.2, 0.25) is 0 Å². The number of hydrogen-bond donors (Lipinski definition) is 1. The van der Waals surface area contributed by atoms with Crippen molar-refractivity contribution in [3.63, 3.8) is 0 Å². The van der Waals surface area contributed by atoms with E-state index in [2.05, 4.69) is 31.4 Å². The third kappa shape index (κ3) is 1.90. The number of halogens is 1. The van der Waals surface area contributed by atoms with Crippen molar-refractivity contribution in [2.75, 3.05) is 0 Å². The first-order valence-electron chi connectivity index (χ1n) is 4.15. The van der Waals surface area contributed by atoms with Gasteiger partial charge in [-0.2, -0.15) is 5.10 Å². The third-order valence-electron chi connectivity index (χ3n) is 1.74. The van der Waals surface area contributed by atoms with Gasteiger partial charge in [-0.15, -0.1) is 0 Å². The Morgan fingerprint density at radius 1 is 1.29 bits per heavy atom. The Labute approximate surface area is 90.4 Å². The van der Waals surface area contributed by atoms with Crippen molar-refractivity contribution >= 4 is 27.8 Å². The molecule has 1 aliphatic rings. The number of aromatic nitrogens is 1. The molecule has 4 heteroatoms. The SMILES string of the molecule is BrC1=C(c2ccccn2)NN=CC=C1. The van der Waals surface area contributed by atoms with Crippen molar-refractivity contribution in [3.8, 4) is 0 Å². The van der Waals surface area contributed by atoms with Crippen molar-refractivity contribution in [2.45, 2.75) is 0 Å². The Morgan fingerprint density at radius 3 is 3.00 bits per heavy atom. The van der Waals surface area contributed by atoms with Crippen LogP contribution in [-0.4, -0.2) is 11.2 Å². The zero-order chi connectivity index (χ0) is 9.80. The quantitative estimate of drug-likeness (QED) is 0.830. The van der Waals surface area contributed by atoms with E-state index in [0.29, 0.717) is 0 Å². The Kier molecular flexibility index (Phi) is 2.74. The minimum atomic E-state index is 0.864. The van der Waals surface area contributed by atoms with E-state index >= 15 is 0 Å². The normalized spacial score (nSPS) is 15.2. The van der Waals surface area contributed by atoms with Crippen molar-refractivity contribution in [1.29, 1.82) is 0 Å². The summed E-state index contributed by atoms with van der Waals surface area (Å²) >= 11 is 3.45. The summed E-state index contributed by atoms with van der Waals surface area (Å²) < 4.78 is 0.939. The second kappa shape index (κ2) is 4.19. The molecule has 1 aromatic rings. The second-order valence-corrected chi connectivity index (χ2v) is 3.54. The van der Waals surface area contributed by atoms with E-state index in [0.717, 1.165) is 15.9 Å². The summed E-state index contributed by atoms with van der Waals surface area (Å²) in [7, 11) is 0. The van der Waals surface area contributed by atoms with Crippen LogP contribution in [0.3, 0.4) is 0 Å². The molecular formula is C10H8BrN3. The summed E-state index contributed by atoms with van der Waals surface area (Å²) in [5, 5.41) is 3.99. The lowest BCUT2D eigenvalue weighted by molar-refractivity contribution is 0.987. The highest BCUT2D eigenvalue weighted by Crippen LogP contribution is 2.20. The van der Waals surface area contributed by atoms with Crippen LogP contribution in [0, 0.1) is 0 Å². The van der Waals surface area contributed by atoms with E-state index in [-0.39, 0.29) is 0 Å². The van der Waals surface area contributed by atoms with Crippen LogP contribution in [-0.2, 0) is 0 Å². The van der Waals surface area contributed by atoms with Crippen LogP contribution in [0.1, 0.15) is 5.69 Å². The molecule has 1 N–H and O–H groups in total. The molecule has 0 amide bonds. The van der Waals surface area contributed by atoms with E-state index < -0.39 is 0 Å². The van der Waals surface area contributed by atoms with Gasteiger partial charge in [0.05, 0.1) is 11.4 Å². The number of nitrogens with one attached hydrogen (secondary N) is 1. The van der Waals surface area contributed by atoms with Gasteiger partial charge < -0.3 is 0 Å². The highest BCUT2D eigenvalue weighted by atomic mass is 79.9. The fourth-order valence-electron chi connectivity index (χ4n) is 1.10. The Bertz CT molecular complexity index is 407. The largest absolute Gasteiger partial charge is 0.275 e. The van der Waals surface area contributed by atoms with Gasteiger partial charge in [0.2, 0.25) is 0 Å². The minimum Gasteiger partial charge on any atom is -0.275 e. The van der Waals surface area contributed by atoms with Crippen LogP contribution in [0.15, 0.2) is 46.1 Å². The van der Waals surface area contributed by atoms with E-state index in [1.54, 1.807) is 12.4 Å². The van der Waals surface area contributed by atoms with Gasteiger partial charge in [-0.3, -0.25) is 10.4 Å². The lowest BCUT2D eigenvalue weighted by atomic mass is 10.2. The first-order chi connectivity index (χ1) is 6.88. The molecule has 0 fully saturated rings. The predicted octanol–water partition coefficient (Wildman–Crippen LogP) is 2.29. The molecular weight excluding hydrogens is 242 g/mol. The topological polar surface area (TPSA) is 37.3 Å². The van der Waals surface area contributed by atoms with Crippen molar-refractivity contribution in [2.24, 2.45) is 5.10 Å². The van der Waals surface area contributed by atoms with Gasteiger partial charge in [0.25, 0.3) is 0 Å².